The normalized spacial score (nSPS) is 48.0. The molecule has 4 N–H and O–H groups in total. The van der Waals surface area contributed by atoms with Crippen LogP contribution in [0.5, 0.6) is 0 Å². The van der Waals surface area contributed by atoms with Crippen LogP contribution in [0, 0.1) is 167 Å². The first-order valence-electron chi connectivity index (χ1n) is 19.2. The van der Waals surface area contributed by atoms with E-state index in [1.54, 1.807) is 0 Å². The van der Waals surface area contributed by atoms with Crippen molar-refractivity contribution in [1.29, 1.82) is 0 Å². The molecule has 9 aliphatic heterocycles. The molecule has 9 heterocycles. The number of hydrogen-bond acceptors (Lipinski definition) is 8. The fraction of sp³-hybridized carbons (Fsp3) is 1.00. The summed E-state index contributed by atoms with van der Waals surface area (Å²) in [5.41, 5.74) is 0. The predicted molar refractivity (Wildman–Crippen MR) is 231 cm³/mol. The molecule has 0 spiro atoms. The van der Waals surface area contributed by atoms with E-state index in [2.05, 4.69) is 68.3 Å². The van der Waals surface area contributed by atoms with E-state index >= 15 is 0 Å². The second kappa shape index (κ2) is 24.2. The van der Waals surface area contributed by atoms with Gasteiger partial charge in [-0.25, -0.2) is 0 Å². The first kappa shape index (κ1) is 50.9. The fourth-order valence-corrected chi connectivity index (χ4v) is 18.1. The smallest absolute Gasteiger partial charge is 0.0116 e. The topological polar surface area (TPSA) is 48.1 Å². The molecule has 0 amide bonds. The van der Waals surface area contributed by atoms with E-state index in [-0.39, 0.29) is 151 Å². The van der Waals surface area contributed by atoms with Crippen LogP contribution in [0.2, 0.25) is 0 Å². The van der Waals surface area contributed by atoms with Gasteiger partial charge in [-0.1, -0.05) is 0 Å². The summed E-state index contributed by atoms with van der Waals surface area (Å²) >= 11 is 9.03. The molecule has 286 valence electrons. The van der Waals surface area contributed by atoms with Crippen LogP contribution in [-0.2, 0) is 0 Å². The molecular weight excluding hydrogens is 1410 g/mol. The van der Waals surface area contributed by atoms with Crippen molar-refractivity contribution in [2.45, 2.75) is 125 Å². The second-order valence-electron chi connectivity index (χ2n) is 16.6. The molecule has 9 fully saturated rings. The van der Waals surface area contributed by atoms with Crippen molar-refractivity contribution in [3.63, 3.8) is 0 Å². The summed E-state index contributed by atoms with van der Waals surface area (Å²) in [6.07, 6.45) is 17.3. The van der Waals surface area contributed by atoms with Gasteiger partial charge in [-0.2, -0.15) is 76.7 Å². The Hall–Kier alpha value is 6.50. The molecule has 0 radical (unpaired) electrons. The number of nitrogens with one attached hydrogen (secondary N) is 4. The van der Waals surface area contributed by atoms with Crippen molar-refractivity contribution in [1.82, 2.24) is 21.3 Å². The van der Waals surface area contributed by atoms with E-state index in [1.807, 2.05) is 0 Å². The average molecular weight is 1480 g/mol. The molecule has 12 unspecified atom stereocenters. The molecule has 14 heteroatoms. The number of hydrogen-bond donors (Lipinski definition) is 4. The Morgan fingerprint density at radius 3 is 0.620 bits per heavy atom. The zero-order valence-corrected chi connectivity index (χ0v) is 50.5. The first-order chi connectivity index (χ1) is 21.8. The minimum Gasteiger partial charge on any atom is -0.311 e. The Morgan fingerprint density at radius 1 is 0.300 bits per heavy atom. The maximum Gasteiger partial charge on any atom is 0.0116 e. The standard InChI is InChI=1S/C36H60N4S4.3H3P.3Th.H2/c1-2-26-34(22-10-14-42-18-22)28-5-6-30(39-28)36(24-12-16-44-20-24)32-8-7-31(40-32)35(23-11-15-43-19-23)29-4-3-27(38-29)33(25(1)37-26)21-9-13-41-17-21;;;;;;;/h21-40H,1-20H2;3*1H3;;;;1H/t21?,22?,23?,24?,25-,26+,27+,28-,29-,30+,31+,32?,33?,34?,35?,36?;;;;;;;/m0......./s1. The van der Waals surface area contributed by atoms with Gasteiger partial charge < -0.3 is 21.3 Å². The van der Waals surface area contributed by atoms with E-state index in [0.29, 0.717) is 0 Å². The number of fused-ring (bicyclic) bond motifs is 8. The monoisotopic (exact) mass is 1480 g/mol. The van der Waals surface area contributed by atoms with Gasteiger partial charge in [-0.15, -0.1) is 0 Å². The van der Waals surface area contributed by atoms with Crippen molar-refractivity contribution >= 4 is 76.7 Å². The molecule has 19 atom stereocenters. The summed E-state index contributed by atoms with van der Waals surface area (Å²) in [6, 6.07) is 5.88. The molecule has 4 nitrogen and oxygen atoms in total. The molecule has 9 saturated heterocycles. The van der Waals surface area contributed by atoms with E-state index < -0.39 is 0 Å². The van der Waals surface area contributed by atoms with Crippen LogP contribution in [0.1, 0.15) is 78.5 Å². The van der Waals surface area contributed by atoms with Gasteiger partial charge in [0, 0.05) is 170 Å². The van der Waals surface area contributed by atoms with Crippen molar-refractivity contribution < 1.29 is 121 Å². The van der Waals surface area contributed by atoms with E-state index in [0.717, 1.165) is 95.7 Å². The Bertz CT molecular complexity index is 811. The summed E-state index contributed by atoms with van der Waals surface area (Å²) < 4.78 is 0. The summed E-state index contributed by atoms with van der Waals surface area (Å²) in [5, 5.41) is 18.1. The van der Waals surface area contributed by atoms with Gasteiger partial charge in [0.1, 0.15) is 0 Å². The number of rotatable bonds is 4. The molecule has 0 aromatic carbocycles. The molecule has 50 heavy (non-hydrogen) atoms. The molecule has 0 aromatic heterocycles. The summed E-state index contributed by atoms with van der Waals surface area (Å²) in [6.45, 7) is 0. The van der Waals surface area contributed by atoms with Gasteiger partial charge in [0.15, 0.2) is 0 Å². The molecular formula is C36H71N4P3S4Th3. The molecule has 0 aliphatic carbocycles. The zero-order valence-electron chi connectivity index (χ0n) is 30.6. The van der Waals surface area contributed by atoms with E-state index in [9.17, 15) is 0 Å². The van der Waals surface area contributed by atoms with Crippen molar-refractivity contribution in [3.8, 4) is 0 Å². The second-order valence-corrected chi connectivity index (χ2v) is 21.2. The first-order valence-corrected chi connectivity index (χ1v) is 23.8. The van der Waals surface area contributed by atoms with Crippen LogP contribution in [0.15, 0.2) is 0 Å². The van der Waals surface area contributed by atoms with Crippen molar-refractivity contribution in [2.75, 3.05) is 46.0 Å². The van der Waals surface area contributed by atoms with Gasteiger partial charge >= 0.3 is 0 Å². The van der Waals surface area contributed by atoms with E-state index in [4.69, 9.17) is 0 Å². The van der Waals surface area contributed by atoms with Gasteiger partial charge in [-0.05, 0) is 170 Å². The third kappa shape index (κ3) is 11.1. The van der Waals surface area contributed by atoms with Gasteiger partial charge in [0.2, 0.25) is 0 Å². The van der Waals surface area contributed by atoms with Crippen molar-refractivity contribution in [2.24, 2.45) is 47.3 Å². The van der Waals surface area contributed by atoms with Gasteiger partial charge in [0.05, 0.1) is 0 Å². The number of thioether (sulfide) groups is 4. The quantitative estimate of drug-likeness (QED) is 0.243. The third-order valence-electron chi connectivity index (χ3n) is 14.6. The van der Waals surface area contributed by atoms with Crippen LogP contribution >= 0.6 is 76.7 Å². The predicted octanol–water partition coefficient (Wildman–Crippen LogP) is 6.38. The maximum atomic E-state index is 4.54. The van der Waals surface area contributed by atoms with Gasteiger partial charge in [-0.3, -0.25) is 0 Å². The SMILES string of the molecule is C1CC(C2C3CC[C@@H](N3)C(C3CCSC3)[C@@H]3CC[C@@H](N3)C(C3CCSC3)[C@@H]3CC[C@@H](N3)C(C3CCSC3)[C@@H]3CC[C@H]2N3)CS1.P.P.P.[HH].[Th].[Th].[Th]. The maximum absolute atomic E-state index is 4.54. The minimum atomic E-state index is 0. The third-order valence-corrected chi connectivity index (χ3v) is 19.4. The summed E-state index contributed by atoms with van der Waals surface area (Å²) in [5.74, 6) is 18.3. The molecule has 8 bridgehead atoms. The summed E-state index contributed by atoms with van der Waals surface area (Å²) in [4.78, 5) is 0. The molecule has 9 rings (SSSR count). The molecule has 0 aromatic rings. The Kier molecular flexibility index (Phi) is 24.6. The molecule has 0 saturated carbocycles. The fourth-order valence-electron chi connectivity index (χ4n) is 12.8. The Balaban J connectivity index is 0.00000129. The average Bonchev–Trinajstić information content (AvgIpc) is 3.90. The van der Waals surface area contributed by atoms with Gasteiger partial charge in [0.25, 0.3) is 0 Å². The Morgan fingerprint density at radius 2 is 0.480 bits per heavy atom. The molecule has 9 aliphatic rings. The minimum absolute atomic E-state index is 0. The van der Waals surface area contributed by atoms with Crippen LogP contribution in [0.3, 0.4) is 0 Å². The largest absolute Gasteiger partial charge is 0.311 e. The van der Waals surface area contributed by atoms with Crippen LogP contribution in [0.25, 0.3) is 0 Å². The Labute approximate surface area is 430 Å². The van der Waals surface area contributed by atoms with Crippen LogP contribution in [0.4, 0.5) is 0 Å². The van der Waals surface area contributed by atoms with Crippen molar-refractivity contribution in [3.05, 3.63) is 0 Å². The zero-order chi connectivity index (χ0) is 29.0. The van der Waals surface area contributed by atoms with Crippen LogP contribution < -0.4 is 21.3 Å². The van der Waals surface area contributed by atoms with E-state index in [1.165, 1.54) is 123 Å². The van der Waals surface area contributed by atoms with Crippen LogP contribution in [-0.4, -0.2) is 94.4 Å². The summed E-state index contributed by atoms with van der Waals surface area (Å²) in [7, 11) is 0.